The molecule has 1 aliphatic heterocycles. The van der Waals surface area contributed by atoms with E-state index in [1.54, 1.807) is 6.07 Å². The molecular formula is C15H10F6IO4S+. The fourth-order valence-electron chi connectivity index (χ4n) is 2.12. The van der Waals surface area contributed by atoms with Crippen molar-refractivity contribution >= 4 is 10.1 Å². The molecule has 27 heavy (non-hydrogen) atoms. The molecule has 1 N–H and O–H groups in total. The second-order valence-electron chi connectivity index (χ2n) is 5.08. The van der Waals surface area contributed by atoms with E-state index in [-0.39, 0.29) is 5.75 Å². The molecule has 1 heterocycles. The number of fused-ring (bicyclic) bond motifs is 3. The average molecular weight is 527 g/mol. The topological polar surface area (TPSA) is 63.6 Å². The van der Waals surface area contributed by atoms with Gasteiger partial charge in [-0.1, -0.05) is 18.2 Å². The van der Waals surface area contributed by atoms with Gasteiger partial charge in [-0.25, -0.2) is 0 Å². The number of ether oxygens (including phenoxy) is 1. The van der Waals surface area contributed by atoms with Crippen molar-refractivity contribution in [2.45, 2.75) is 12.5 Å². The number of hydrogen-bond acceptors (Lipinski definition) is 3. The van der Waals surface area contributed by atoms with Crippen molar-refractivity contribution in [3.8, 4) is 16.9 Å². The molecule has 0 bridgehead atoms. The van der Waals surface area contributed by atoms with E-state index in [1.165, 1.54) is 6.07 Å². The lowest BCUT2D eigenvalue weighted by Crippen LogP contribution is -3.61. The van der Waals surface area contributed by atoms with Gasteiger partial charge in [-0.05, 0) is 24.3 Å². The maximum Gasteiger partial charge on any atom is 0.573 e. The predicted octanol–water partition coefficient (Wildman–Crippen LogP) is 1.13. The molecule has 12 heteroatoms. The molecule has 0 amide bonds. The SMILES string of the molecule is FC(F)(F)Oc1cccc2c1-c1ccccc1[I+]2.O=S(=O)(O)CC(F)(F)F. The number of halogens is 7. The largest absolute Gasteiger partial charge is 0.573 e. The van der Waals surface area contributed by atoms with Gasteiger partial charge >= 0.3 is 33.7 Å². The van der Waals surface area contributed by atoms with Crippen LogP contribution in [0.2, 0.25) is 0 Å². The van der Waals surface area contributed by atoms with Gasteiger partial charge in [0.2, 0.25) is 7.14 Å². The van der Waals surface area contributed by atoms with E-state index in [4.69, 9.17) is 4.55 Å². The number of benzene rings is 2. The lowest BCUT2D eigenvalue weighted by atomic mass is 10.1. The normalized spacial score (nSPS) is 13.3. The van der Waals surface area contributed by atoms with Gasteiger partial charge in [0.1, 0.15) is 5.75 Å². The molecule has 1 aliphatic rings. The maximum absolute atomic E-state index is 12.4. The summed E-state index contributed by atoms with van der Waals surface area (Å²) in [5.41, 5.74) is 1.48. The Hall–Kier alpha value is -1.54. The van der Waals surface area contributed by atoms with Gasteiger partial charge in [-0.15, -0.1) is 13.2 Å². The molecule has 0 fully saturated rings. The van der Waals surface area contributed by atoms with Crippen LogP contribution in [0.15, 0.2) is 42.5 Å². The lowest BCUT2D eigenvalue weighted by Gasteiger charge is -2.10. The Bertz CT molecular complexity index is 925. The molecule has 0 aliphatic carbocycles. The molecule has 0 radical (unpaired) electrons. The highest BCUT2D eigenvalue weighted by molar-refractivity contribution is 7.85. The Morgan fingerprint density at radius 2 is 1.52 bits per heavy atom. The van der Waals surface area contributed by atoms with Crippen molar-refractivity contribution in [1.82, 2.24) is 0 Å². The van der Waals surface area contributed by atoms with Crippen LogP contribution < -0.4 is 25.9 Å². The minimum absolute atomic E-state index is 0.0929. The zero-order valence-corrected chi connectivity index (χ0v) is 15.9. The van der Waals surface area contributed by atoms with E-state index in [0.717, 1.165) is 12.7 Å². The first-order chi connectivity index (χ1) is 12.3. The molecule has 0 unspecified atom stereocenters. The highest BCUT2D eigenvalue weighted by Crippen LogP contribution is 2.35. The van der Waals surface area contributed by atoms with E-state index < -0.39 is 49.6 Å². The first kappa shape index (κ1) is 21.8. The quantitative estimate of drug-likeness (QED) is 0.309. The van der Waals surface area contributed by atoms with Crippen molar-refractivity contribution < 1.29 is 65.3 Å². The summed E-state index contributed by atoms with van der Waals surface area (Å²) in [7, 11) is -4.91. The van der Waals surface area contributed by atoms with Crippen LogP contribution in [0.3, 0.4) is 0 Å². The number of alkyl halides is 6. The van der Waals surface area contributed by atoms with Crippen LogP contribution in [0.1, 0.15) is 0 Å². The Kier molecular flexibility index (Phi) is 6.31. The van der Waals surface area contributed by atoms with Crippen molar-refractivity contribution in [3.63, 3.8) is 0 Å². The van der Waals surface area contributed by atoms with E-state index in [0.29, 0.717) is 5.56 Å². The highest BCUT2D eigenvalue weighted by Gasteiger charge is 2.39. The molecule has 0 saturated heterocycles. The Morgan fingerprint density at radius 3 is 2.04 bits per heavy atom. The summed E-state index contributed by atoms with van der Waals surface area (Å²) in [6.45, 7) is 0. The molecule has 0 saturated carbocycles. The highest BCUT2D eigenvalue weighted by atomic mass is 127. The molecule has 2 aromatic carbocycles. The van der Waals surface area contributed by atoms with Crippen molar-refractivity contribution in [2.24, 2.45) is 0 Å². The van der Waals surface area contributed by atoms with Gasteiger partial charge < -0.3 is 4.74 Å². The van der Waals surface area contributed by atoms with Crippen molar-refractivity contribution in [2.75, 3.05) is 5.75 Å². The third-order valence-corrected chi connectivity index (χ3v) is 6.59. The van der Waals surface area contributed by atoms with Gasteiger partial charge in [0.15, 0.2) is 5.75 Å². The van der Waals surface area contributed by atoms with E-state index in [1.807, 2.05) is 30.3 Å². The fraction of sp³-hybridized carbons (Fsp3) is 0.200. The summed E-state index contributed by atoms with van der Waals surface area (Å²) in [5.74, 6) is -2.27. The third kappa shape index (κ3) is 6.84. The van der Waals surface area contributed by atoms with Crippen molar-refractivity contribution in [3.05, 3.63) is 49.6 Å². The summed E-state index contributed by atoms with van der Waals surface area (Å²) in [6, 6.07) is 12.4. The Morgan fingerprint density at radius 1 is 0.926 bits per heavy atom. The van der Waals surface area contributed by atoms with Crippen molar-refractivity contribution in [1.29, 1.82) is 0 Å². The zero-order chi connectivity index (χ0) is 20.5. The van der Waals surface area contributed by atoms with Gasteiger partial charge in [0.05, 0.1) is 5.56 Å². The van der Waals surface area contributed by atoms with E-state index >= 15 is 0 Å². The summed E-state index contributed by atoms with van der Waals surface area (Å²) in [6.07, 6.45) is -9.50. The summed E-state index contributed by atoms with van der Waals surface area (Å²) in [5, 5.41) is 0. The number of hydrogen-bond donors (Lipinski definition) is 1. The van der Waals surface area contributed by atoms with Gasteiger partial charge in [0, 0.05) is 5.56 Å². The summed E-state index contributed by atoms with van der Waals surface area (Å²) >= 11 is -0.404. The lowest BCUT2D eigenvalue weighted by molar-refractivity contribution is -0.589. The molecule has 0 atom stereocenters. The number of rotatable bonds is 2. The minimum atomic E-state index is -4.91. The standard InChI is InChI=1S/C13H7F3IO.C2H3F3O3S/c14-13(15,16)18-11-7-3-6-10-12(11)8-4-1-2-5-9(8)17-10;3-2(4,5)1-9(6,7)8/h1-7H;1H2,(H,6,7,8)/q+1;. The Balaban J connectivity index is 0.000000249. The molecular weight excluding hydrogens is 517 g/mol. The molecule has 3 rings (SSSR count). The second-order valence-corrected chi connectivity index (χ2v) is 9.39. The predicted molar refractivity (Wildman–Crippen MR) is 78.4 cm³/mol. The zero-order valence-electron chi connectivity index (χ0n) is 13.0. The van der Waals surface area contributed by atoms with Crippen LogP contribution in [0, 0.1) is 7.14 Å². The molecule has 0 spiro atoms. The van der Waals surface area contributed by atoms with Gasteiger partial charge in [0.25, 0.3) is 10.1 Å². The fourth-order valence-corrected chi connectivity index (χ4v) is 5.50. The van der Waals surface area contributed by atoms with E-state index in [9.17, 15) is 34.8 Å². The van der Waals surface area contributed by atoms with Crippen LogP contribution in [0.5, 0.6) is 5.75 Å². The molecule has 0 aromatic heterocycles. The second kappa shape index (κ2) is 7.83. The first-order valence-corrected chi connectivity index (χ1v) is 10.7. The smallest absolute Gasteiger partial charge is 0.405 e. The summed E-state index contributed by atoms with van der Waals surface area (Å²) in [4.78, 5) is 0. The maximum atomic E-state index is 12.4. The van der Waals surface area contributed by atoms with Gasteiger partial charge in [-0.2, -0.15) is 21.6 Å². The third-order valence-electron chi connectivity index (χ3n) is 2.89. The van der Waals surface area contributed by atoms with Crippen LogP contribution in [-0.4, -0.2) is 31.3 Å². The first-order valence-electron chi connectivity index (χ1n) is 6.90. The minimum Gasteiger partial charge on any atom is -0.405 e. The monoisotopic (exact) mass is 527 g/mol. The molecule has 4 nitrogen and oxygen atoms in total. The van der Waals surface area contributed by atoms with Crippen LogP contribution in [-0.2, 0) is 10.1 Å². The van der Waals surface area contributed by atoms with Crippen LogP contribution in [0.4, 0.5) is 26.3 Å². The van der Waals surface area contributed by atoms with Gasteiger partial charge in [-0.3, -0.25) is 4.55 Å². The van der Waals surface area contributed by atoms with E-state index in [2.05, 4.69) is 4.74 Å². The summed E-state index contributed by atoms with van der Waals surface area (Å²) < 4.78 is 103. The van der Waals surface area contributed by atoms with Crippen LogP contribution in [0.25, 0.3) is 11.1 Å². The Labute approximate surface area is 160 Å². The molecule has 2 aromatic rings. The average Bonchev–Trinajstić information content (AvgIpc) is 2.81. The molecule has 148 valence electrons. The van der Waals surface area contributed by atoms with Crippen LogP contribution >= 0.6 is 0 Å².